The van der Waals surface area contributed by atoms with Gasteiger partial charge in [-0.3, -0.25) is 9.30 Å². The molecule has 8 heteroatoms. The van der Waals surface area contributed by atoms with Gasteiger partial charge < -0.3 is 15.0 Å². The molecule has 5 aromatic rings. The van der Waals surface area contributed by atoms with Crippen LogP contribution < -0.4 is 15.0 Å². The predicted octanol–water partition coefficient (Wildman–Crippen LogP) is 5.70. The summed E-state index contributed by atoms with van der Waals surface area (Å²) in [6.45, 7) is 5.99. The molecule has 7 rings (SSSR count). The zero-order chi connectivity index (χ0) is 27.6. The smallest absolute Gasteiger partial charge is 0.212 e. The minimum absolute atomic E-state index is 0.144. The summed E-state index contributed by atoms with van der Waals surface area (Å²) in [5.74, 6) is 2.75. The molecule has 5 heterocycles. The number of fused-ring (bicyclic) bond motifs is 3. The fraction of sp³-hybridized carbons (Fsp3) is 0.303. The van der Waals surface area contributed by atoms with Crippen LogP contribution in [-0.2, 0) is 0 Å². The molecule has 41 heavy (non-hydrogen) atoms. The number of para-hydroxylation sites is 1. The van der Waals surface area contributed by atoms with Gasteiger partial charge in [-0.1, -0.05) is 48.5 Å². The van der Waals surface area contributed by atoms with Gasteiger partial charge in [0.2, 0.25) is 5.95 Å². The van der Waals surface area contributed by atoms with Crippen molar-refractivity contribution in [3.63, 3.8) is 0 Å². The molecular weight excluding hydrogens is 510 g/mol. The van der Waals surface area contributed by atoms with E-state index in [0.717, 1.165) is 67.1 Å². The number of ether oxygens (including phenoxy) is 1. The van der Waals surface area contributed by atoms with E-state index in [-0.39, 0.29) is 6.04 Å². The topological polar surface area (TPSA) is 70.8 Å². The molecule has 2 aliphatic heterocycles. The second-order valence-electron chi connectivity index (χ2n) is 11.0. The number of benzene rings is 2. The van der Waals surface area contributed by atoms with Gasteiger partial charge in [0.05, 0.1) is 12.3 Å². The normalized spacial score (nSPS) is 19.1. The van der Waals surface area contributed by atoms with Crippen LogP contribution in [-0.4, -0.2) is 62.6 Å². The number of hydrogen-bond donors (Lipinski definition) is 1. The van der Waals surface area contributed by atoms with Gasteiger partial charge in [0, 0.05) is 68.0 Å². The van der Waals surface area contributed by atoms with Crippen LogP contribution in [0.15, 0.2) is 97.5 Å². The zero-order valence-corrected chi connectivity index (χ0v) is 23.3. The summed E-state index contributed by atoms with van der Waals surface area (Å²) in [4.78, 5) is 19.5. The Morgan fingerprint density at radius 1 is 0.927 bits per heavy atom. The van der Waals surface area contributed by atoms with Gasteiger partial charge in [-0.05, 0) is 49.6 Å². The number of hydrogen-bond acceptors (Lipinski definition) is 7. The molecule has 2 aromatic carbocycles. The molecule has 0 aliphatic carbocycles. The van der Waals surface area contributed by atoms with Crippen LogP contribution in [0.3, 0.4) is 0 Å². The van der Waals surface area contributed by atoms with Gasteiger partial charge in [0.25, 0.3) is 0 Å². The van der Waals surface area contributed by atoms with E-state index in [2.05, 4.69) is 72.8 Å². The number of likely N-dealkylation sites (tertiary alicyclic amines) is 1. The maximum Gasteiger partial charge on any atom is 0.212 e. The minimum atomic E-state index is 0.144. The Morgan fingerprint density at radius 2 is 1.76 bits per heavy atom. The molecule has 2 fully saturated rings. The molecule has 0 saturated carbocycles. The second kappa shape index (κ2) is 11.2. The third-order valence-electron chi connectivity index (χ3n) is 8.30. The lowest BCUT2D eigenvalue weighted by Gasteiger charge is -2.35. The molecule has 3 unspecified atom stereocenters. The summed E-state index contributed by atoms with van der Waals surface area (Å²) in [7, 11) is 0. The highest BCUT2D eigenvalue weighted by molar-refractivity contribution is 5.68. The van der Waals surface area contributed by atoms with E-state index in [1.165, 1.54) is 12.0 Å². The van der Waals surface area contributed by atoms with Gasteiger partial charge in [0.15, 0.2) is 0 Å². The maximum absolute atomic E-state index is 5.92. The number of nitrogens with zero attached hydrogens (tertiary/aromatic N) is 6. The van der Waals surface area contributed by atoms with E-state index < -0.39 is 0 Å². The minimum Gasteiger partial charge on any atom is -0.494 e. The summed E-state index contributed by atoms with van der Waals surface area (Å²) >= 11 is 0. The molecule has 0 amide bonds. The van der Waals surface area contributed by atoms with Crippen molar-refractivity contribution in [1.82, 2.24) is 24.3 Å². The van der Waals surface area contributed by atoms with E-state index in [4.69, 9.17) is 9.72 Å². The number of aromatic nitrogens is 4. The van der Waals surface area contributed by atoms with Crippen LogP contribution in [0.25, 0.3) is 16.9 Å². The van der Waals surface area contributed by atoms with Crippen molar-refractivity contribution in [2.75, 3.05) is 36.5 Å². The van der Waals surface area contributed by atoms with E-state index in [0.29, 0.717) is 12.1 Å². The Labute approximate surface area is 240 Å². The van der Waals surface area contributed by atoms with Crippen molar-refractivity contribution < 1.29 is 4.74 Å². The highest BCUT2D eigenvalue weighted by atomic mass is 16.5. The molecular formula is C33H35N7O. The number of imidazole rings is 1. The second-order valence-corrected chi connectivity index (χ2v) is 11.0. The van der Waals surface area contributed by atoms with Crippen molar-refractivity contribution >= 4 is 17.4 Å². The lowest BCUT2D eigenvalue weighted by molar-refractivity contribution is 0.210. The number of anilines is 2. The first-order valence-electron chi connectivity index (χ1n) is 14.5. The maximum atomic E-state index is 5.92. The van der Waals surface area contributed by atoms with Crippen LogP contribution >= 0.6 is 0 Å². The fourth-order valence-electron chi connectivity index (χ4n) is 6.22. The third kappa shape index (κ3) is 5.35. The van der Waals surface area contributed by atoms with E-state index in [1.54, 1.807) is 0 Å². The molecule has 8 nitrogen and oxygen atoms in total. The summed E-state index contributed by atoms with van der Waals surface area (Å²) < 4.78 is 8.04. The summed E-state index contributed by atoms with van der Waals surface area (Å²) in [6, 6.07) is 27.8. The molecule has 2 bridgehead atoms. The molecule has 3 atom stereocenters. The van der Waals surface area contributed by atoms with Crippen molar-refractivity contribution in [2.45, 2.75) is 37.9 Å². The quantitative estimate of drug-likeness (QED) is 0.226. The first-order chi connectivity index (χ1) is 20.2. The van der Waals surface area contributed by atoms with Gasteiger partial charge in [-0.25, -0.2) is 15.0 Å². The third-order valence-corrected chi connectivity index (χ3v) is 8.30. The van der Waals surface area contributed by atoms with Crippen molar-refractivity contribution in [2.24, 2.45) is 0 Å². The summed E-state index contributed by atoms with van der Waals surface area (Å²) in [6.07, 6.45) is 7.93. The van der Waals surface area contributed by atoms with E-state index in [9.17, 15) is 0 Å². The van der Waals surface area contributed by atoms with Crippen LogP contribution in [0.1, 0.15) is 31.4 Å². The average Bonchev–Trinajstić information content (AvgIpc) is 3.76. The predicted molar refractivity (Wildman–Crippen MR) is 162 cm³/mol. The molecule has 3 aromatic heterocycles. The number of piperazine rings is 1. The Bertz CT molecular complexity index is 1610. The summed E-state index contributed by atoms with van der Waals surface area (Å²) in [5.41, 5.74) is 4.07. The Kier molecular flexibility index (Phi) is 6.98. The van der Waals surface area contributed by atoms with Gasteiger partial charge >= 0.3 is 0 Å². The first kappa shape index (κ1) is 25.5. The average molecular weight is 546 g/mol. The van der Waals surface area contributed by atoms with Gasteiger partial charge in [-0.2, -0.15) is 0 Å². The zero-order valence-electron chi connectivity index (χ0n) is 23.3. The van der Waals surface area contributed by atoms with Crippen molar-refractivity contribution in [3.8, 4) is 17.0 Å². The Morgan fingerprint density at radius 3 is 2.56 bits per heavy atom. The lowest BCUT2D eigenvalue weighted by atomic mass is 10.1. The molecule has 1 N–H and O–H groups in total. The molecule has 208 valence electrons. The van der Waals surface area contributed by atoms with Gasteiger partial charge in [-0.15, -0.1) is 0 Å². The van der Waals surface area contributed by atoms with Crippen LogP contribution in [0.4, 0.5) is 11.8 Å². The van der Waals surface area contributed by atoms with Crippen LogP contribution in [0.5, 0.6) is 5.75 Å². The van der Waals surface area contributed by atoms with Crippen molar-refractivity contribution in [3.05, 3.63) is 103 Å². The lowest BCUT2D eigenvalue weighted by Crippen LogP contribution is -2.47. The summed E-state index contributed by atoms with van der Waals surface area (Å²) in [5, 5.41) is 3.54. The SMILES string of the molecule is CC(Nc1cc(-c2cc3nccn3c(N3CC4CC3CN4CCCOc3ccccc3)n2)ccn1)c1ccccc1. The number of pyridine rings is 1. The largest absolute Gasteiger partial charge is 0.494 e. The number of rotatable bonds is 10. The van der Waals surface area contributed by atoms with Crippen LogP contribution in [0, 0.1) is 0 Å². The molecule has 2 aliphatic rings. The van der Waals surface area contributed by atoms with E-state index in [1.807, 2.05) is 61.1 Å². The number of nitrogens with one attached hydrogen (secondary N) is 1. The Balaban J connectivity index is 1.05. The van der Waals surface area contributed by atoms with Crippen LogP contribution in [0.2, 0.25) is 0 Å². The molecule has 2 saturated heterocycles. The Hall–Kier alpha value is -4.43. The van der Waals surface area contributed by atoms with Crippen molar-refractivity contribution in [1.29, 1.82) is 0 Å². The molecule has 0 radical (unpaired) electrons. The first-order valence-corrected chi connectivity index (χ1v) is 14.5. The highest BCUT2D eigenvalue weighted by Crippen LogP contribution is 2.35. The standard InChI is InChI=1S/C33H35N7O/c1-24(25-9-4-2-5-10-25)36-31-19-26(13-14-34-31)30-21-32-35-15-17-39(32)33(37-30)40-23-27-20-28(40)22-38(27)16-8-18-41-29-11-6-3-7-12-29/h2-7,9-15,17,19,21,24,27-28H,8,16,18,20,22-23H2,1H3,(H,34,36). The van der Waals surface area contributed by atoms with E-state index >= 15 is 0 Å². The fourth-order valence-corrected chi connectivity index (χ4v) is 6.22. The highest BCUT2D eigenvalue weighted by Gasteiger charge is 2.44. The monoisotopic (exact) mass is 545 g/mol. The van der Waals surface area contributed by atoms with Gasteiger partial charge in [0.1, 0.15) is 17.2 Å². The molecule has 0 spiro atoms.